The first kappa shape index (κ1) is 11.5. The predicted molar refractivity (Wildman–Crippen MR) is 56.6 cm³/mol. The van der Waals surface area contributed by atoms with Crippen LogP contribution in [0, 0.1) is 22.0 Å². The third-order valence-electron chi connectivity index (χ3n) is 1.68. The molecule has 82 valence electrons. The van der Waals surface area contributed by atoms with E-state index in [2.05, 4.69) is 11.8 Å². The number of nitro groups is 1. The Hall–Kier alpha value is -2.55. The van der Waals surface area contributed by atoms with E-state index >= 15 is 0 Å². The molecule has 0 aliphatic rings. The molecule has 16 heavy (non-hydrogen) atoms. The number of benzene rings is 1. The van der Waals surface area contributed by atoms with Gasteiger partial charge in [0.2, 0.25) is 0 Å². The van der Waals surface area contributed by atoms with Gasteiger partial charge < -0.3 is 10.8 Å². The summed E-state index contributed by atoms with van der Waals surface area (Å²) in [7, 11) is 0. The van der Waals surface area contributed by atoms with Crippen LogP contribution in [-0.4, -0.2) is 16.0 Å². The number of carboxylic acids is 1. The summed E-state index contributed by atoms with van der Waals surface area (Å²) < 4.78 is 0. The molecule has 1 rings (SSSR count). The van der Waals surface area contributed by atoms with Crippen LogP contribution in [0.1, 0.15) is 12.0 Å². The second kappa shape index (κ2) is 4.79. The topological polar surface area (TPSA) is 106 Å². The molecule has 0 amide bonds. The van der Waals surface area contributed by atoms with Crippen molar-refractivity contribution in [2.24, 2.45) is 0 Å². The van der Waals surface area contributed by atoms with Crippen LogP contribution in [0.4, 0.5) is 11.4 Å². The van der Waals surface area contributed by atoms with Crippen LogP contribution in [0.5, 0.6) is 0 Å². The highest BCUT2D eigenvalue weighted by Gasteiger charge is 2.11. The molecule has 0 aliphatic heterocycles. The van der Waals surface area contributed by atoms with Crippen LogP contribution >= 0.6 is 0 Å². The lowest BCUT2D eigenvalue weighted by atomic mass is 10.1. The lowest BCUT2D eigenvalue weighted by Gasteiger charge is -1.96. The number of hydrogen-bond acceptors (Lipinski definition) is 4. The molecule has 0 radical (unpaired) electrons. The minimum atomic E-state index is -1.08. The first-order valence-corrected chi connectivity index (χ1v) is 4.25. The van der Waals surface area contributed by atoms with E-state index in [9.17, 15) is 14.9 Å². The molecule has 0 spiro atoms. The molecule has 0 atom stereocenters. The van der Waals surface area contributed by atoms with Gasteiger partial charge in [-0.05, 0) is 12.1 Å². The first-order valence-electron chi connectivity index (χ1n) is 4.25. The fraction of sp³-hybridized carbons (Fsp3) is 0.100. The molecule has 6 nitrogen and oxygen atoms in total. The average Bonchev–Trinajstić information content (AvgIpc) is 2.16. The van der Waals surface area contributed by atoms with Gasteiger partial charge in [0.1, 0.15) is 12.0 Å². The largest absolute Gasteiger partial charge is 0.481 e. The van der Waals surface area contributed by atoms with Gasteiger partial charge in [-0.15, -0.1) is 0 Å². The molecule has 0 aliphatic carbocycles. The van der Waals surface area contributed by atoms with Crippen LogP contribution in [0.3, 0.4) is 0 Å². The zero-order valence-corrected chi connectivity index (χ0v) is 8.14. The summed E-state index contributed by atoms with van der Waals surface area (Å²) in [6.07, 6.45) is -0.369. The van der Waals surface area contributed by atoms with Gasteiger partial charge in [-0.3, -0.25) is 14.9 Å². The summed E-state index contributed by atoms with van der Waals surface area (Å²) in [5, 5.41) is 19.0. The summed E-state index contributed by atoms with van der Waals surface area (Å²) in [4.78, 5) is 20.2. The fourth-order valence-electron chi connectivity index (χ4n) is 1.03. The van der Waals surface area contributed by atoms with E-state index in [0.29, 0.717) is 5.69 Å². The van der Waals surface area contributed by atoms with E-state index in [1.165, 1.54) is 18.2 Å². The fourth-order valence-corrected chi connectivity index (χ4v) is 1.03. The van der Waals surface area contributed by atoms with Gasteiger partial charge in [0.05, 0.1) is 4.92 Å². The normalized spacial score (nSPS) is 9.00. The Morgan fingerprint density at radius 2 is 2.25 bits per heavy atom. The lowest BCUT2D eigenvalue weighted by Crippen LogP contribution is -1.95. The number of anilines is 1. The van der Waals surface area contributed by atoms with Crippen molar-refractivity contribution in [3.05, 3.63) is 33.9 Å². The predicted octanol–water partition coefficient (Wildman–Crippen LogP) is 1.00. The monoisotopic (exact) mass is 220 g/mol. The molecule has 3 N–H and O–H groups in total. The van der Waals surface area contributed by atoms with Gasteiger partial charge in [0.25, 0.3) is 5.69 Å². The SMILES string of the molecule is Nc1ccc([N+](=O)[O-])c(C#CCC(=O)O)c1. The van der Waals surface area contributed by atoms with Gasteiger partial charge in [-0.25, -0.2) is 0 Å². The number of aliphatic carboxylic acids is 1. The third-order valence-corrected chi connectivity index (χ3v) is 1.68. The maximum atomic E-state index is 10.6. The zero-order chi connectivity index (χ0) is 12.1. The van der Waals surface area contributed by atoms with Crippen LogP contribution in [0.15, 0.2) is 18.2 Å². The summed E-state index contributed by atoms with van der Waals surface area (Å²) in [5.41, 5.74) is 5.72. The minimum Gasteiger partial charge on any atom is -0.481 e. The lowest BCUT2D eigenvalue weighted by molar-refractivity contribution is -0.385. The standard InChI is InChI=1S/C10H8N2O4/c11-8-4-5-9(12(15)16)7(6-8)2-1-3-10(13)14/h4-6H,3,11H2,(H,13,14). The van der Waals surface area contributed by atoms with E-state index in [4.69, 9.17) is 10.8 Å². The van der Waals surface area contributed by atoms with Crippen LogP contribution in [0.25, 0.3) is 0 Å². The summed E-state index contributed by atoms with van der Waals surface area (Å²) in [6, 6.07) is 3.97. The average molecular weight is 220 g/mol. The summed E-state index contributed by atoms with van der Waals surface area (Å²) >= 11 is 0. The Kier molecular flexibility index (Phi) is 3.45. The number of hydrogen-bond donors (Lipinski definition) is 2. The molecule has 0 saturated carbocycles. The zero-order valence-electron chi connectivity index (χ0n) is 8.14. The van der Waals surface area contributed by atoms with Crippen molar-refractivity contribution in [2.45, 2.75) is 6.42 Å². The third kappa shape index (κ3) is 2.99. The van der Waals surface area contributed by atoms with E-state index in [1.54, 1.807) is 0 Å². The van der Waals surface area contributed by atoms with E-state index in [-0.39, 0.29) is 17.7 Å². The molecule has 0 fully saturated rings. The van der Waals surface area contributed by atoms with Crippen molar-refractivity contribution in [1.29, 1.82) is 0 Å². The molecular weight excluding hydrogens is 212 g/mol. The summed E-state index contributed by atoms with van der Waals surface area (Å²) in [6.45, 7) is 0. The Morgan fingerprint density at radius 3 is 2.81 bits per heavy atom. The second-order valence-electron chi connectivity index (χ2n) is 2.91. The van der Waals surface area contributed by atoms with Gasteiger partial charge in [-0.1, -0.05) is 11.8 Å². The molecule has 0 bridgehead atoms. The van der Waals surface area contributed by atoms with Crippen LogP contribution in [0.2, 0.25) is 0 Å². The molecule has 0 heterocycles. The molecule has 0 aromatic heterocycles. The maximum Gasteiger partial charge on any atom is 0.315 e. The van der Waals surface area contributed by atoms with Crippen LogP contribution < -0.4 is 5.73 Å². The highest BCUT2D eigenvalue weighted by atomic mass is 16.6. The van der Waals surface area contributed by atoms with Crippen LogP contribution in [-0.2, 0) is 4.79 Å². The molecule has 0 unspecified atom stereocenters. The van der Waals surface area contributed by atoms with Gasteiger partial charge >= 0.3 is 5.97 Å². The Morgan fingerprint density at radius 1 is 1.56 bits per heavy atom. The number of nitrogen functional groups attached to an aromatic ring is 1. The quantitative estimate of drug-likeness (QED) is 0.334. The van der Waals surface area contributed by atoms with Gasteiger partial charge in [0, 0.05) is 11.8 Å². The summed E-state index contributed by atoms with van der Waals surface area (Å²) in [5.74, 6) is 3.64. The Labute approximate surface area is 90.8 Å². The van der Waals surface area contributed by atoms with E-state index in [1.807, 2.05) is 0 Å². The minimum absolute atomic E-state index is 0.117. The van der Waals surface area contributed by atoms with Gasteiger partial charge in [0.15, 0.2) is 0 Å². The van der Waals surface area contributed by atoms with Gasteiger partial charge in [-0.2, -0.15) is 0 Å². The highest BCUT2D eigenvalue weighted by molar-refractivity contribution is 5.70. The van der Waals surface area contributed by atoms with E-state index in [0.717, 1.165) is 0 Å². The molecule has 1 aromatic rings. The van der Waals surface area contributed by atoms with Crippen molar-refractivity contribution >= 4 is 17.3 Å². The first-order chi connectivity index (χ1) is 7.50. The van der Waals surface area contributed by atoms with Crippen molar-refractivity contribution in [1.82, 2.24) is 0 Å². The molecular formula is C10H8N2O4. The van der Waals surface area contributed by atoms with E-state index < -0.39 is 10.9 Å². The van der Waals surface area contributed by atoms with Crippen molar-refractivity contribution in [2.75, 3.05) is 5.73 Å². The Bertz CT molecular complexity index is 499. The highest BCUT2D eigenvalue weighted by Crippen LogP contribution is 2.19. The van der Waals surface area contributed by atoms with Crippen molar-refractivity contribution in [3.63, 3.8) is 0 Å². The number of carbonyl (C=O) groups is 1. The maximum absolute atomic E-state index is 10.6. The number of nitrogens with two attached hydrogens (primary N) is 1. The molecule has 0 saturated heterocycles. The molecule has 1 aromatic carbocycles. The molecule has 6 heteroatoms. The smallest absolute Gasteiger partial charge is 0.315 e. The Balaban J connectivity index is 3.08. The van der Waals surface area contributed by atoms with Crippen molar-refractivity contribution in [3.8, 4) is 11.8 Å². The number of rotatable bonds is 2. The second-order valence-corrected chi connectivity index (χ2v) is 2.91. The van der Waals surface area contributed by atoms with Crippen molar-refractivity contribution < 1.29 is 14.8 Å². The number of nitrogens with zero attached hydrogens (tertiary/aromatic N) is 1. The number of nitro benzene ring substituents is 1. The number of carboxylic acid groups (broad SMARTS) is 1.